The molecule has 0 radical (unpaired) electrons. The molecule has 0 aliphatic rings. The number of para-hydroxylation sites is 1. The molecular weight excluding hydrogens is 544 g/mol. The van der Waals surface area contributed by atoms with Crippen molar-refractivity contribution in [3.63, 3.8) is 0 Å². The number of furan rings is 1. The van der Waals surface area contributed by atoms with Gasteiger partial charge in [-0.3, -0.25) is 0 Å². The quantitative estimate of drug-likeness (QED) is 0.191. The van der Waals surface area contributed by atoms with Gasteiger partial charge in [0, 0.05) is 10.9 Å². The van der Waals surface area contributed by atoms with E-state index < -0.39 is 0 Å². The van der Waals surface area contributed by atoms with E-state index in [1.165, 1.54) is 65.7 Å². The van der Waals surface area contributed by atoms with Crippen molar-refractivity contribution in [3.05, 3.63) is 170 Å². The minimum absolute atomic E-state index is 0.883. The molecule has 1 nitrogen and oxygen atoms in total. The van der Waals surface area contributed by atoms with Crippen LogP contribution in [-0.2, 0) is 0 Å². The lowest BCUT2D eigenvalue weighted by molar-refractivity contribution is 0.631. The molecule has 45 heavy (non-hydrogen) atoms. The van der Waals surface area contributed by atoms with Crippen LogP contribution in [0.1, 0.15) is 0 Å². The molecule has 1 heterocycles. The Morgan fingerprint density at radius 1 is 0.311 bits per heavy atom. The second-order valence-corrected chi connectivity index (χ2v) is 11.7. The van der Waals surface area contributed by atoms with Gasteiger partial charge in [0.1, 0.15) is 11.3 Å². The van der Waals surface area contributed by atoms with Crippen molar-refractivity contribution in [2.75, 3.05) is 0 Å². The molecule has 9 rings (SSSR count). The average Bonchev–Trinajstić information content (AvgIpc) is 3.55. The molecule has 0 aliphatic heterocycles. The Hall–Kier alpha value is -5.92. The van der Waals surface area contributed by atoms with Gasteiger partial charge in [0.25, 0.3) is 0 Å². The molecule has 8 aromatic carbocycles. The molecule has 0 N–H and O–H groups in total. The Kier molecular flexibility index (Phi) is 5.89. The maximum atomic E-state index is 6.27. The van der Waals surface area contributed by atoms with Crippen LogP contribution >= 0.6 is 0 Å². The third-order valence-electron chi connectivity index (χ3n) is 9.04. The highest BCUT2D eigenvalue weighted by atomic mass is 16.3. The highest BCUT2D eigenvalue weighted by molar-refractivity contribution is 6.21. The number of rotatable bonds is 4. The number of hydrogen-bond donors (Lipinski definition) is 0. The van der Waals surface area contributed by atoms with E-state index in [0.29, 0.717) is 0 Å². The molecular formula is C44H28O. The van der Waals surface area contributed by atoms with Crippen LogP contribution in [0.4, 0.5) is 0 Å². The van der Waals surface area contributed by atoms with Crippen molar-refractivity contribution in [2.45, 2.75) is 0 Å². The molecule has 0 aliphatic carbocycles. The summed E-state index contributed by atoms with van der Waals surface area (Å²) in [5, 5.41) is 8.61. The fourth-order valence-corrected chi connectivity index (χ4v) is 7.02. The predicted molar refractivity (Wildman–Crippen MR) is 190 cm³/mol. The van der Waals surface area contributed by atoms with Gasteiger partial charge in [0.05, 0.1) is 0 Å². The highest BCUT2D eigenvalue weighted by Gasteiger charge is 2.18. The van der Waals surface area contributed by atoms with Gasteiger partial charge in [0.15, 0.2) is 0 Å². The van der Waals surface area contributed by atoms with Crippen LogP contribution in [0.25, 0.3) is 88.0 Å². The van der Waals surface area contributed by atoms with E-state index in [1.54, 1.807) is 0 Å². The van der Waals surface area contributed by atoms with Gasteiger partial charge < -0.3 is 4.42 Å². The largest absolute Gasteiger partial charge is 0.456 e. The summed E-state index contributed by atoms with van der Waals surface area (Å²) in [7, 11) is 0. The topological polar surface area (TPSA) is 13.1 Å². The lowest BCUT2D eigenvalue weighted by Crippen LogP contribution is -1.91. The summed E-state index contributed by atoms with van der Waals surface area (Å²) >= 11 is 0. The minimum atomic E-state index is 0.883. The van der Waals surface area contributed by atoms with Crippen molar-refractivity contribution >= 4 is 43.3 Å². The van der Waals surface area contributed by atoms with Crippen molar-refractivity contribution in [1.29, 1.82) is 0 Å². The molecule has 0 saturated carbocycles. The van der Waals surface area contributed by atoms with Crippen molar-refractivity contribution in [3.8, 4) is 44.7 Å². The van der Waals surface area contributed by atoms with Crippen molar-refractivity contribution < 1.29 is 4.42 Å². The lowest BCUT2D eigenvalue weighted by Gasteiger charge is -2.18. The van der Waals surface area contributed by atoms with Gasteiger partial charge in [-0.05, 0) is 90.0 Å². The second kappa shape index (κ2) is 10.4. The van der Waals surface area contributed by atoms with Crippen LogP contribution in [0, 0.1) is 0 Å². The fraction of sp³-hybridized carbons (Fsp3) is 0. The van der Waals surface area contributed by atoms with Crippen LogP contribution in [0.2, 0.25) is 0 Å². The monoisotopic (exact) mass is 572 g/mol. The third kappa shape index (κ3) is 4.24. The van der Waals surface area contributed by atoms with Gasteiger partial charge in [-0.15, -0.1) is 0 Å². The Balaban J connectivity index is 1.27. The first-order chi connectivity index (χ1) is 22.3. The number of fused-ring (bicyclic) bond motifs is 4. The molecule has 1 heteroatoms. The van der Waals surface area contributed by atoms with E-state index in [4.69, 9.17) is 4.42 Å². The first kappa shape index (κ1) is 25.6. The zero-order chi connectivity index (χ0) is 29.7. The van der Waals surface area contributed by atoms with E-state index in [9.17, 15) is 0 Å². The molecule has 0 bridgehead atoms. The SMILES string of the molecule is c1cc(-c2cc3ccccc3o2)cc(-c2c3ccccc3c(-c3cccc(-c4cccc5ccccc45)c3)c3ccccc23)c1. The molecule has 0 saturated heterocycles. The minimum Gasteiger partial charge on any atom is -0.456 e. The zero-order valence-corrected chi connectivity index (χ0v) is 24.6. The fourth-order valence-electron chi connectivity index (χ4n) is 7.02. The Bertz CT molecular complexity index is 2450. The van der Waals surface area contributed by atoms with Crippen molar-refractivity contribution in [1.82, 2.24) is 0 Å². The average molecular weight is 573 g/mol. The van der Waals surface area contributed by atoms with Gasteiger partial charge in [0.2, 0.25) is 0 Å². The molecule has 9 aromatic rings. The van der Waals surface area contributed by atoms with Gasteiger partial charge in [-0.1, -0.05) is 146 Å². The predicted octanol–water partition coefficient (Wildman–Crippen LogP) is 12.6. The molecule has 0 unspecified atom stereocenters. The molecule has 0 spiro atoms. The summed E-state index contributed by atoms with van der Waals surface area (Å²) in [4.78, 5) is 0. The Labute approximate surface area is 261 Å². The van der Waals surface area contributed by atoms with Gasteiger partial charge >= 0.3 is 0 Å². The molecule has 0 fully saturated rings. The lowest BCUT2D eigenvalue weighted by atomic mass is 9.85. The molecule has 0 amide bonds. The van der Waals surface area contributed by atoms with Gasteiger partial charge in [-0.2, -0.15) is 0 Å². The Morgan fingerprint density at radius 3 is 1.42 bits per heavy atom. The maximum absolute atomic E-state index is 6.27. The summed E-state index contributed by atoms with van der Waals surface area (Å²) in [5.74, 6) is 0.883. The second-order valence-electron chi connectivity index (χ2n) is 11.7. The van der Waals surface area contributed by atoms with Crippen LogP contribution < -0.4 is 0 Å². The van der Waals surface area contributed by atoms with Gasteiger partial charge in [-0.25, -0.2) is 0 Å². The van der Waals surface area contributed by atoms with Crippen LogP contribution in [-0.4, -0.2) is 0 Å². The van der Waals surface area contributed by atoms with E-state index in [1.807, 2.05) is 12.1 Å². The first-order valence-electron chi connectivity index (χ1n) is 15.4. The summed E-state index contributed by atoms with van der Waals surface area (Å²) in [6.07, 6.45) is 0. The maximum Gasteiger partial charge on any atom is 0.135 e. The normalized spacial score (nSPS) is 11.6. The molecule has 210 valence electrons. The summed E-state index contributed by atoms with van der Waals surface area (Å²) in [6, 6.07) is 61.0. The summed E-state index contributed by atoms with van der Waals surface area (Å²) in [5.41, 5.74) is 9.36. The van der Waals surface area contributed by atoms with Crippen LogP contribution in [0.5, 0.6) is 0 Å². The molecule has 0 atom stereocenters. The highest BCUT2D eigenvalue weighted by Crippen LogP contribution is 2.45. The number of hydrogen-bond acceptors (Lipinski definition) is 1. The van der Waals surface area contributed by atoms with E-state index in [0.717, 1.165) is 22.3 Å². The summed E-state index contributed by atoms with van der Waals surface area (Å²) in [6.45, 7) is 0. The van der Waals surface area contributed by atoms with E-state index in [2.05, 4.69) is 158 Å². The first-order valence-corrected chi connectivity index (χ1v) is 15.4. The van der Waals surface area contributed by atoms with Crippen LogP contribution in [0.3, 0.4) is 0 Å². The smallest absolute Gasteiger partial charge is 0.135 e. The van der Waals surface area contributed by atoms with E-state index >= 15 is 0 Å². The zero-order valence-electron chi connectivity index (χ0n) is 24.6. The summed E-state index contributed by atoms with van der Waals surface area (Å²) < 4.78 is 6.27. The van der Waals surface area contributed by atoms with E-state index in [-0.39, 0.29) is 0 Å². The Morgan fingerprint density at radius 2 is 0.778 bits per heavy atom. The van der Waals surface area contributed by atoms with Crippen molar-refractivity contribution in [2.24, 2.45) is 0 Å². The third-order valence-corrected chi connectivity index (χ3v) is 9.04. The number of benzene rings is 8. The standard InChI is InChI=1S/C44H28O/c1-3-19-35-29(12-1)14-11-24-36(35)30-15-9-17-33(26-30)43-37-20-4-6-22-39(37)44(40-23-7-5-21-38(40)43)34-18-10-16-31(27-34)42-28-32-13-2-8-25-41(32)45-42/h1-28H. The molecule has 1 aromatic heterocycles. The van der Waals surface area contributed by atoms with Crippen LogP contribution in [0.15, 0.2) is 174 Å².